The van der Waals surface area contributed by atoms with Gasteiger partial charge in [-0.1, -0.05) is 22.4 Å². The number of hydrogen-bond acceptors (Lipinski definition) is 3. The van der Waals surface area contributed by atoms with Crippen LogP contribution in [0.5, 0.6) is 0 Å². The van der Waals surface area contributed by atoms with Crippen molar-refractivity contribution >= 4 is 31.7 Å². The lowest BCUT2D eigenvalue weighted by Gasteiger charge is -2.40. The standard InChI is InChI=1S/C12H22BrNO3S/c1-3-14(4-2)11(15)8-18(16,17)10-12(9-13)6-5-7-12/h3-10H2,1-2H3. The fourth-order valence-corrected chi connectivity index (χ4v) is 5.37. The van der Waals surface area contributed by atoms with E-state index in [1.165, 1.54) is 0 Å². The summed E-state index contributed by atoms with van der Waals surface area (Å²) in [6.07, 6.45) is 2.97. The van der Waals surface area contributed by atoms with Crippen LogP contribution in [0.4, 0.5) is 0 Å². The second-order valence-corrected chi connectivity index (χ2v) is 7.71. The number of hydrogen-bond donors (Lipinski definition) is 0. The third kappa shape index (κ3) is 3.95. The van der Waals surface area contributed by atoms with E-state index in [0.29, 0.717) is 18.4 Å². The fourth-order valence-electron chi connectivity index (χ4n) is 2.37. The van der Waals surface area contributed by atoms with Gasteiger partial charge < -0.3 is 4.90 Å². The van der Waals surface area contributed by atoms with Gasteiger partial charge in [0.05, 0.1) is 5.75 Å². The number of nitrogens with zero attached hydrogens (tertiary/aromatic N) is 1. The van der Waals surface area contributed by atoms with Gasteiger partial charge in [0.1, 0.15) is 5.75 Å². The van der Waals surface area contributed by atoms with Gasteiger partial charge in [0.25, 0.3) is 0 Å². The lowest BCUT2D eigenvalue weighted by atomic mass is 9.72. The van der Waals surface area contributed by atoms with Gasteiger partial charge in [-0.3, -0.25) is 4.79 Å². The molecule has 0 spiro atoms. The Hall–Kier alpha value is -0.100. The fraction of sp³-hybridized carbons (Fsp3) is 0.917. The summed E-state index contributed by atoms with van der Waals surface area (Å²) in [5.74, 6) is -0.481. The van der Waals surface area contributed by atoms with Crippen molar-refractivity contribution in [3.63, 3.8) is 0 Å². The first kappa shape index (κ1) is 16.0. The first-order valence-electron chi connectivity index (χ1n) is 6.42. The van der Waals surface area contributed by atoms with Crippen LogP contribution in [0, 0.1) is 5.41 Å². The molecule has 0 aromatic carbocycles. The highest BCUT2D eigenvalue weighted by molar-refractivity contribution is 9.09. The van der Waals surface area contributed by atoms with Crippen LogP contribution >= 0.6 is 15.9 Å². The molecule has 1 rings (SSSR count). The maximum Gasteiger partial charge on any atom is 0.237 e. The summed E-state index contributed by atoms with van der Waals surface area (Å²) in [4.78, 5) is 13.4. The Labute approximate surface area is 118 Å². The Morgan fingerprint density at radius 1 is 1.28 bits per heavy atom. The molecule has 0 radical (unpaired) electrons. The number of carbonyl (C=O) groups excluding carboxylic acids is 1. The molecule has 4 nitrogen and oxygen atoms in total. The SMILES string of the molecule is CCN(CC)C(=O)CS(=O)(=O)CC1(CBr)CCC1. The molecule has 0 aromatic heterocycles. The second-order valence-electron chi connectivity index (χ2n) is 5.09. The molecule has 0 saturated heterocycles. The van der Waals surface area contributed by atoms with E-state index in [1.54, 1.807) is 4.90 Å². The van der Waals surface area contributed by atoms with Crippen LogP contribution < -0.4 is 0 Å². The Bertz CT molecular complexity index is 381. The molecular weight excluding hydrogens is 318 g/mol. The van der Waals surface area contributed by atoms with Gasteiger partial charge in [-0.15, -0.1) is 0 Å². The van der Waals surface area contributed by atoms with E-state index in [1.807, 2.05) is 13.8 Å². The van der Waals surface area contributed by atoms with E-state index in [4.69, 9.17) is 0 Å². The molecule has 1 saturated carbocycles. The summed E-state index contributed by atoms with van der Waals surface area (Å²) in [5, 5.41) is 0.707. The number of amides is 1. The van der Waals surface area contributed by atoms with E-state index < -0.39 is 9.84 Å². The summed E-state index contributed by atoms with van der Waals surface area (Å²) >= 11 is 3.40. The van der Waals surface area contributed by atoms with Gasteiger partial charge in [-0.25, -0.2) is 8.42 Å². The van der Waals surface area contributed by atoms with Crippen molar-refractivity contribution in [2.45, 2.75) is 33.1 Å². The predicted octanol–water partition coefficient (Wildman–Crippen LogP) is 1.83. The Kier molecular flexibility index (Phi) is 5.65. The third-order valence-corrected chi connectivity index (χ3v) is 6.61. The highest BCUT2D eigenvalue weighted by atomic mass is 79.9. The van der Waals surface area contributed by atoms with Gasteiger partial charge in [0.2, 0.25) is 5.91 Å². The normalized spacial score (nSPS) is 18.2. The van der Waals surface area contributed by atoms with E-state index in [0.717, 1.165) is 19.3 Å². The van der Waals surface area contributed by atoms with Crippen LogP contribution in [0.15, 0.2) is 0 Å². The quantitative estimate of drug-likeness (QED) is 0.665. The summed E-state index contributed by atoms with van der Waals surface area (Å²) < 4.78 is 24.2. The van der Waals surface area contributed by atoms with Crippen molar-refractivity contribution in [2.75, 3.05) is 29.9 Å². The molecule has 0 aromatic rings. The summed E-state index contributed by atoms with van der Waals surface area (Å²) in [5.41, 5.74) is -0.123. The van der Waals surface area contributed by atoms with Gasteiger partial charge >= 0.3 is 0 Å². The number of carbonyl (C=O) groups is 1. The molecule has 18 heavy (non-hydrogen) atoms. The number of alkyl halides is 1. The predicted molar refractivity (Wildman–Crippen MR) is 76.7 cm³/mol. The average molecular weight is 340 g/mol. The van der Waals surface area contributed by atoms with E-state index >= 15 is 0 Å². The minimum atomic E-state index is -3.30. The minimum absolute atomic E-state index is 0.123. The van der Waals surface area contributed by atoms with Crippen LogP contribution in [0.25, 0.3) is 0 Å². The molecule has 0 heterocycles. The van der Waals surface area contributed by atoms with Gasteiger partial charge in [-0.2, -0.15) is 0 Å². The van der Waals surface area contributed by atoms with Crippen LogP contribution in [0.1, 0.15) is 33.1 Å². The molecule has 0 atom stereocenters. The molecule has 0 bridgehead atoms. The minimum Gasteiger partial charge on any atom is -0.342 e. The molecule has 1 aliphatic carbocycles. The molecule has 1 aliphatic rings. The highest BCUT2D eigenvalue weighted by Crippen LogP contribution is 2.43. The van der Waals surface area contributed by atoms with Crippen LogP contribution in [0.3, 0.4) is 0 Å². The first-order valence-corrected chi connectivity index (χ1v) is 9.36. The Morgan fingerprint density at radius 2 is 1.83 bits per heavy atom. The molecule has 6 heteroatoms. The van der Waals surface area contributed by atoms with Crippen LogP contribution in [0.2, 0.25) is 0 Å². The van der Waals surface area contributed by atoms with Crippen molar-refractivity contribution in [1.82, 2.24) is 4.90 Å². The third-order valence-electron chi connectivity index (χ3n) is 3.68. The van der Waals surface area contributed by atoms with Crippen molar-refractivity contribution in [2.24, 2.45) is 5.41 Å². The monoisotopic (exact) mass is 339 g/mol. The molecule has 1 fully saturated rings. The van der Waals surface area contributed by atoms with Crippen molar-refractivity contribution in [3.8, 4) is 0 Å². The number of rotatable bonds is 7. The molecule has 106 valence electrons. The summed E-state index contributed by atoms with van der Waals surface area (Å²) in [7, 11) is -3.30. The largest absolute Gasteiger partial charge is 0.342 e. The maximum absolute atomic E-state index is 12.1. The molecule has 1 amide bonds. The van der Waals surface area contributed by atoms with Gasteiger partial charge in [0, 0.05) is 18.4 Å². The average Bonchev–Trinajstić information content (AvgIpc) is 2.24. The maximum atomic E-state index is 12.1. The molecule has 0 N–H and O–H groups in total. The number of halogens is 1. The molecule has 0 aliphatic heterocycles. The zero-order chi connectivity index (χ0) is 13.8. The van der Waals surface area contributed by atoms with Crippen molar-refractivity contribution in [3.05, 3.63) is 0 Å². The van der Waals surface area contributed by atoms with Crippen LogP contribution in [-0.4, -0.2) is 49.2 Å². The topological polar surface area (TPSA) is 54.5 Å². The Balaban J connectivity index is 2.62. The lowest BCUT2D eigenvalue weighted by Crippen LogP contribution is -2.42. The Morgan fingerprint density at radius 3 is 2.17 bits per heavy atom. The number of sulfone groups is 1. The second kappa shape index (κ2) is 6.37. The van der Waals surface area contributed by atoms with Crippen molar-refractivity contribution in [1.29, 1.82) is 0 Å². The van der Waals surface area contributed by atoms with E-state index in [-0.39, 0.29) is 22.8 Å². The van der Waals surface area contributed by atoms with Crippen molar-refractivity contribution < 1.29 is 13.2 Å². The van der Waals surface area contributed by atoms with Crippen LogP contribution in [-0.2, 0) is 14.6 Å². The van der Waals surface area contributed by atoms with E-state index in [9.17, 15) is 13.2 Å². The summed E-state index contributed by atoms with van der Waals surface area (Å²) in [6, 6.07) is 0. The lowest BCUT2D eigenvalue weighted by molar-refractivity contribution is -0.128. The first-order chi connectivity index (χ1) is 8.38. The zero-order valence-electron chi connectivity index (χ0n) is 11.1. The molecular formula is C12H22BrNO3S. The molecule has 0 unspecified atom stereocenters. The van der Waals surface area contributed by atoms with Gasteiger partial charge in [-0.05, 0) is 32.1 Å². The van der Waals surface area contributed by atoms with Gasteiger partial charge in [0.15, 0.2) is 9.84 Å². The smallest absolute Gasteiger partial charge is 0.237 e. The van der Waals surface area contributed by atoms with E-state index in [2.05, 4.69) is 15.9 Å². The zero-order valence-corrected chi connectivity index (χ0v) is 13.5. The highest BCUT2D eigenvalue weighted by Gasteiger charge is 2.40. The summed E-state index contributed by atoms with van der Waals surface area (Å²) in [6.45, 7) is 4.85.